The summed E-state index contributed by atoms with van der Waals surface area (Å²) < 4.78 is 10.5. The summed E-state index contributed by atoms with van der Waals surface area (Å²) in [5.41, 5.74) is 1.32. The lowest BCUT2D eigenvalue weighted by molar-refractivity contribution is -0.141. The summed E-state index contributed by atoms with van der Waals surface area (Å²) in [6.07, 6.45) is 0. The summed E-state index contributed by atoms with van der Waals surface area (Å²) in [7, 11) is 1.25. The number of thiophene rings is 1. The van der Waals surface area contributed by atoms with Crippen molar-refractivity contribution in [3.8, 4) is 0 Å². The molecule has 8 nitrogen and oxygen atoms in total. The number of ether oxygens (including phenoxy) is 2. The molecule has 31 heavy (non-hydrogen) atoms. The molecule has 0 fully saturated rings. The third-order valence-corrected chi connectivity index (χ3v) is 6.28. The number of aromatic amines is 1. The normalized spacial score (nSPS) is 10.7. The predicted octanol–water partition coefficient (Wildman–Crippen LogP) is 3.44. The number of halogens is 1. The third-order valence-electron chi connectivity index (χ3n) is 4.60. The van der Waals surface area contributed by atoms with E-state index >= 15 is 0 Å². The molecule has 1 amide bonds. The fourth-order valence-corrected chi connectivity index (χ4v) is 4.53. The van der Waals surface area contributed by atoms with Gasteiger partial charge < -0.3 is 19.8 Å². The van der Waals surface area contributed by atoms with Gasteiger partial charge >= 0.3 is 11.9 Å². The molecule has 0 bridgehead atoms. The van der Waals surface area contributed by atoms with Crippen molar-refractivity contribution in [1.29, 1.82) is 0 Å². The van der Waals surface area contributed by atoms with E-state index in [4.69, 9.17) is 21.1 Å². The van der Waals surface area contributed by atoms with Gasteiger partial charge in [0.25, 0.3) is 5.91 Å². The van der Waals surface area contributed by atoms with Crippen molar-refractivity contribution in [2.45, 2.75) is 13.8 Å². The van der Waals surface area contributed by atoms with Crippen molar-refractivity contribution in [1.82, 2.24) is 10.3 Å². The van der Waals surface area contributed by atoms with Crippen LogP contribution in [0.3, 0.4) is 0 Å². The zero-order valence-electron chi connectivity index (χ0n) is 17.0. The van der Waals surface area contributed by atoms with Gasteiger partial charge in [-0.25, -0.2) is 4.79 Å². The number of hydrogen-bond donors (Lipinski definition) is 2. The fraction of sp³-hybridized carbons (Fsp3) is 0.238. The van der Waals surface area contributed by atoms with Crippen molar-refractivity contribution in [3.05, 3.63) is 56.7 Å². The van der Waals surface area contributed by atoms with Crippen molar-refractivity contribution >= 4 is 56.7 Å². The number of benzene rings is 1. The van der Waals surface area contributed by atoms with Gasteiger partial charge in [0, 0.05) is 15.8 Å². The fourth-order valence-electron chi connectivity index (χ4n) is 3.10. The smallest absolute Gasteiger partial charge is 0.339 e. The van der Waals surface area contributed by atoms with Gasteiger partial charge in [-0.05, 0) is 25.5 Å². The van der Waals surface area contributed by atoms with Gasteiger partial charge in [0.05, 0.1) is 23.4 Å². The first-order valence-electron chi connectivity index (χ1n) is 9.16. The van der Waals surface area contributed by atoms with Gasteiger partial charge in [-0.2, -0.15) is 0 Å². The number of fused-ring (bicyclic) bond motifs is 1. The monoisotopic (exact) mass is 462 g/mol. The van der Waals surface area contributed by atoms with E-state index < -0.39 is 36.8 Å². The van der Waals surface area contributed by atoms with Crippen LogP contribution in [0.15, 0.2) is 24.3 Å². The van der Waals surface area contributed by atoms with Crippen molar-refractivity contribution < 1.29 is 28.7 Å². The van der Waals surface area contributed by atoms with E-state index in [9.17, 15) is 19.2 Å². The van der Waals surface area contributed by atoms with Crippen LogP contribution in [0, 0.1) is 13.8 Å². The highest BCUT2D eigenvalue weighted by molar-refractivity contribution is 7.21. The molecule has 2 aromatic heterocycles. The van der Waals surface area contributed by atoms with E-state index in [1.54, 1.807) is 19.9 Å². The highest BCUT2D eigenvalue weighted by atomic mass is 35.5. The summed E-state index contributed by atoms with van der Waals surface area (Å²) in [6, 6.07) is 7.31. The van der Waals surface area contributed by atoms with Gasteiger partial charge in [-0.3, -0.25) is 14.4 Å². The number of hydrogen-bond acceptors (Lipinski definition) is 7. The van der Waals surface area contributed by atoms with Crippen LogP contribution in [-0.2, 0) is 14.3 Å². The molecule has 0 aliphatic carbocycles. The topological polar surface area (TPSA) is 115 Å². The molecule has 0 radical (unpaired) electrons. The number of Topliss-reactive ketones (excluding diaryl/α,β-unsaturated/α-hetero) is 1. The van der Waals surface area contributed by atoms with Crippen LogP contribution in [-0.4, -0.2) is 48.9 Å². The third kappa shape index (κ3) is 4.62. The number of methoxy groups -OCH3 is 1. The van der Waals surface area contributed by atoms with Gasteiger partial charge in [0.15, 0.2) is 6.61 Å². The van der Waals surface area contributed by atoms with E-state index in [1.807, 2.05) is 18.2 Å². The zero-order chi connectivity index (χ0) is 22.7. The maximum atomic E-state index is 12.4. The molecule has 0 saturated heterocycles. The molecule has 0 spiro atoms. The van der Waals surface area contributed by atoms with E-state index in [1.165, 1.54) is 18.4 Å². The largest absolute Gasteiger partial charge is 0.465 e. The summed E-state index contributed by atoms with van der Waals surface area (Å²) in [6.45, 7) is 2.27. The number of ketones is 1. The number of amides is 1. The first-order chi connectivity index (χ1) is 14.7. The highest BCUT2D eigenvalue weighted by Gasteiger charge is 2.23. The first-order valence-corrected chi connectivity index (χ1v) is 10.4. The minimum atomic E-state index is -0.784. The van der Waals surface area contributed by atoms with Crippen LogP contribution in [0.25, 0.3) is 10.1 Å². The lowest BCUT2D eigenvalue weighted by atomic mass is 10.1. The Bertz CT molecular complexity index is 1200. The Morgan fingerprint density at radius 1 is 1.16 bits per heavy atom. The summed E-state index contributed by atoms with van der Waals surface area (Å²) in [5, 5.41) is 3.52. The van der Waals surface area contributed by atoms with Gasteiger partial charge in [-0.1, -0.05) is 29.8 Å². The zero-order valence-corrected chi connectivity index (χ0v) is 18.5. The Morgan fingerprint density at radius 3 is 2.55 bits per heavy atom. The van der Waals surface area contributed by atoms with Crippen molar-refractivity contribution in [2.24, 2.45) is 0 Å². The van der Waals surface area contributed by atoms with Gasteiger partial charge in [0.2, 0.25) is 5.78 Å². The maximum Gasteiger partial charge on any atom is 0.339 e. The quantitative estimate of drug-likeness (QED) is 0.410. The molecule has 10 heteroatoms. The van der Waals surface area contributed by atoms with Crippen LogP contribution >= 0.6 is 22.9 Å². The van der Waals surface area contributed by atoms with Crippen LogP contribution in [0.1, 0.15) is 41.8 Å². The van der Waals surface area contributed by atoms with Crippen LogP contribution in [0.5, 0.6) is 0 Å². The standard InChI is InChI=1S/C21H19ClN2O6S/c1-10-16(21(28)29-3)11(2)24-18(10)13(25)9-30-15(26)8-23-20(27)19-17(22)12-6-4-5-7-14(12)31-19/h4-7,24H,8-9H2,1-3H3,(H,23,27). The second-order valence-electron chi connectivity index (χ2n) is 6.62. The molecule has 1 aromatic carbocycles. The minimum absolute atomic E-state index is 0.159. The number of aromatic nitrogens is 1. The number of rotatable bonds is 7. The molecule has 3 rings (SSSR count). The number of nitrogens with one attached hydrogen (secondary N) is 2. The molecular formula is C21H19ClN2O6S. The van der Waals surface area contributed by atoms with E-state index in [0.29, 0.717) is 21.2 Å². The molecule has 2 N–H and O–H groups in total. The average Bonchev–Trinajstić information content (AvgIpc) is 3.26. The molecule has 0 atom stereocenters. The first kappa shape index (κ1) is 22.5. The Balaban J connectivity index is 1.57. The minimum Gasteiger partial charge on any atom is -0.465 e. The molecule has 0 aliphatic heterocycles. The molecular weight excluding hydrogens is 444 g/mol. The number of H-pyrrole nitrogens is 1. The van der Waals surface area contributed by atoms with Gasteiger partial charge in [0.1, 0.15) is 11.4 Å². The molecule has 162 valence electrons. The second-order valence-corrected chi connectivity index (χ2v) is 8.05. The summed E-state index contributed by atoms with van der Waals surface area (Å²) in [4.78, 5) is 51.7. The summed E-state index contributed by atoms with van der Waals surface area (Å²) >= 11 is 7.47. The number of aryl methyl sites for hydroxylation is 1. The lowest BCUT2D eigenvalue weighted by Gasteiger charge is -2.06. The number of carbonyl (C=O) groups is 4. The second kappa shape index (κ2) is 9.32. The van der Waals surface area contributed by atoms with Crippen LogP contribution in [0.4, 0.5) is 0 Å². The SMILES string of the molecule is COC(=O)c1c(C)[nH]c(C(=O)COC(=O)CNC(=O)c2sc3ccccc3c2Cl)c1C. The maximum absolute atomic E-state index is 12.4. The molecule has 3 aromatic rings. The van der Waals surface area contributed by atoms with E-state index in [0.717, 1.165) is 10.1 Å². The van der Waals surface area contributed by atoms with Crippen LogP contribution in [0.2, 0.25) is 5.02 Å². The van der Waals surface area contributed by atoms with E-state index in [-0.39, 0.29) is 11.3 Å². The Kier molecular flexibility index (Phi) is 6.77. The molecule has 0 aliphatic rings. The number of carbonyl (C=O) groups excluding carboxylic acids is 4. The van der Waals surface area contributed by atoms with Gasteiger partial charge in [-0.15, -0.1) is 11.3 Å². The number of esters is 2. The Hall–Kier alpha value is -3.17. The molecule has 0 saturated carbocycles. The van der Waals surface area contributed by atoms with Crippen LogP contribution < -0.4 is 5.32 Å². The molecule has 2 heterocycles. The summed E-state index contributed by atoms with van der Waals surface area (Å²) in [5.74, 6) is -2.37. The highest BCUT2D eigenvalue weighted by Crippen LogP contribution is 2.34. The van der Waals surface area contributed by atoms with Crippen molar-refractivity contribution in [3.63, 3.8) is 0 Å². The van der Waals surface area contributed by atoms with Crippen molar-refractivity contribution in [2.75, 3.05) is 20.3 Å². The van der Waals surface area contributed by atoms with E-state index in [2.05, 4.69) is 10.3 Å². The Morgan fingerprint density at radius 2 is 1.87 bits per heavy atom. The molecule has 0 unspecified atom stereocenters. The Labute approximate surface area is 186 Å². The lowest BCUT2D eigenvalue weighted by Crippen LogP contribution is -2.31. The average molecular weight is 463 g/mol. The predicted molar refractivity (Wildman–Crippen MR) is 116 cm³/mol.